The molecular formula is C16H23ClN2O2. The number of hydrogen-bond acceptors (Lipinski definition) is 3. The lowest BCUT2D eigenvalue weighted by atomic mass is 10.1. The lowest BCUT2D eigenvalue weighted by molar-refractivity contribution is -0.135. The van der Waals surface area contributed by atoms with Crippen molar-refractivity contribution in [2.24, 2.45) is 11.7 Å². The molecule has 5 heteroatoms. The Bertz CT molecular complexity index is 464. The maximum Gasteiger partial charge on any atom is 0.225 e. The molecule has 21 heavy (non-hydrogen) atoms. The first kappa shape index (κ1) is 16.1. The Morgan fingerprint density at radius 2 is 2.10 bits per heavy atom. The summed E-state index contributed by atoms with van der Waals surface area (Å²) in [5.41, 5.74) is 5.89. The van der Waals surface area contributed by atoms with Gasteiger partial charge in [-0.25, -0.2) is 0 Å². The van der Waals surface area contributed by atoms with Crippen molar-refractivity contribution in [1.29, 1.82) is 0 Å². The monoisotopic (exact) mass is 310 g/mol. The van der Waals surface area contributed by atoms with Crippen LogP contribution in [0.2, 0.25) is 5.02 Å². The van der Waals surface area contributed by atoms with Crippen LogP contribution in [-0.2, 0) is 4.79 Å². The van der Waals surface area contributed by atoms with Crippen molar-refractivity contribution >= 4 is 17.5 Å². The molecule has 0 aromatic heterocycles. The van der Waals surface area contributed by atoms with Gasteiger partial charge in [0.25, 0.3) is 0 Å². The molecule has 1 amide bonds. The van der Waals surface area contributed by atoms with Gasteiger partial charge in [0.15, 0.2) is 0 Å². The Kier molecular flexibility index (Phi) is 5.88. The van der Waals surface area contributed by atoms with Crippen LogP contribution in [-0.4, -0.2) is 36.5 Å². The van der Waals surface area contributed by atoms with E-state index in [0.29, 0.717) is 24.7 Å². The standard InChI is InChI=1S/C16H23ClN2O2/c1-2-19(16(20)12-3-6-14(18)11-12)9-10-21-15-7-4-13(17)5-8-15/h4-5,7-8,12,14H,2-3,6,9-11,18H2,1H3/t12-,14+/m1/s1. The minimum atomic E-state index is 0.0930. The molecular weight excluding hydrogens is 288 g/mol. The molecule has 0 spiro atoms. The van der Waals surface area contributed by atoms with Gasteiger partial charge in [-0.2, -0.15) is 0 Å². The van der Waals surface area contributed by atoms with Crippen LogP contribution in [0, 0.1) is 5.92 Å². The van der Waals surface area contributed by atoms with Crippen LogP contribution in [0.5, 0.6) is 5.75 Å². The molecule has 0 bridgehead atoms. The zero-order valence-corrected chi connectivity index (χ0v) is 13.2. The van der Waals surface area contributed by atoms with E-state index in [4.69, 9.17) is 22.1 Å². The van der Waals surface area contributed by atoms with Crippen LogP contribution < -0.4 is 10.5 Å². The average molecular weight is 311 g/mol. The Hall–Kier alpha value is -1.26. The highest BCUT2D eigenvalue weighted by Crippen LogP contribution is 2.26. The van der Waals surface area contributed by atoms with E-state index in [9.17, 15) is 4.79 Å². The number of nitrogens with zero attached hydrogens (tertiary/aromatic N) is 1. The summed E-state index contributed by atoms with van der Waals surface area (Å²) in [7, 11) is 0. The number of hydrogen-bond donors (Lipinski definition) is 1. The maximum absolute atomic E-state index is 12.4. The van der Waals surface area contributed by atoms with E-state index in [1.165, 1.54) is 0 Å². The van der Waals surface area contributed by atoms with Gasteiger partial charge in [0.1, 0.15) is 12.4 Å². The highest BCUT2D eigenvalue weighted by atomic mass is 35.5. The number of halogens is 1. The summed E-state index contributed by atoms with van der Waals surface area (Å²) in [5.74, 6) is 1.08. The molecule has 0 saturated heterocycles. The fourth-order valence-electron chi connectivity index (χ4n) is 2.73. The molecule has 2 rings (SSSR count). The maximum atomic E-state index is 12.4. The first-order chi connectivity index (χ1) is 10.1. The van der Waals surface area contributed by atoms with Gasteiger partial charge in [0.05, 0.1) is 6.54 Å². The molecule has 1 fully saturated rings. The first-order valence-corrected chi connectivity index (χ1v) is 7.90. The zero-order chi connectivity index (χ0) is 15.2. The number of ether oxygens (including phenoxy) is 1. The molecule has 0 heterocycles. The highest BCUT2D eigenvalue weighted by molar-refractivity contribution is 6.30. The van der Waals surface area contributed by atoms with E-state index in [-0.39, 0.29) is 17.9 Å². The SMILES string of the molecule is CCN(CCOc1ccc(Cl)cc1)C(=O)[C@@H]1CC[C@H](N)C1. The second-order valence-electron chi connectivity index (χ2n) is 5.49. The van der Waals surface area contributed by atoms with E-state index in [2.05, 4.69) is 0 Å². The fraction of sp³-hybridized carbons (Fsp3) is 0.562. The Morgan fingerprint density at radius 3 is 2.67 bits per heavy atom. The summed E-state index contributed by atoms with van der Waals surface area (Å²) in [5, 5.41) is 0.685. The number of nitrogens with two attached hydrogens (primary N) is 1. The summed E-state index contributed by atoms with van der Waals surface area (Å²) in [4.78, 5) is 14.3. The van der Waals surface area contributed by atoms with Gasteiger partial charge >= 0.3 is 0 Å². The smallest absolute Gasteiger partial charge is 0.225 e. The highest BCUT2D eigenvalue weighted by Gasteiger charge is 2.30. The quantitative estimate of drug-likeness (QED) is 0.879. The van der Waals surface area contributed by atoms with Crippen molar-refractivity contribution in [3.63, 3.8) is 0 Å². The molecule has 1 aromatic carbocycles. The van der Waals surface area contributed by atoms with Crippen molar-refractivity contribution in [3.05, 3.63) is 29.3 Å². The van der Waals surface area contributed by atoms with Gasteiger partial charge in [-0.1, -0.05) is 11.6 Å². The predicted octanol–water partition coefficient (Wildman–Crippen LogP) is 2.69. The van der Waals surface area contributed by atoms with Crippen LogP contribution >= 0.6 is 11.6 Å². The second kappa shape index (κ2) is 7.66. The number of benzene rings is 1. The second-order valence-corrected chi connectivity index (χ2v) is 5.93. The van der Waals surface area contributed by atoms with Gasteiger partial charge in [-0.3, -0.25) is 4.79 Å². The molecule has 2 N–H and O–H groups in total. The van der Waals surface area contributed by atoms with Crippen molar-refractivity contribution < 1.29 is 9.53 Å². The average Bonchev–Trinajstić information content (AvgIpc) is 2.91. The van der Waals surface area contributed by atoms with Crippen LogP contribution in [0.4, 0.5) is 0 Å². The zero-order valence-electron chi connectivity index (χ0n) is 12.4. The third-order valence-corrected chi connectivity index (χ3v) is 4.21. The summed E-state index contributed by atoms with van der Waals surface area (Å²) in [6.07, 6.45) is 2.68. The van der Waals surface area contributed by atoms with E-state index >= 15 is 0 Å². The van der Waals surface area contributed by atoms with Gasteiger partial charge in [-0.15, -0.1) is 0 Å². The van der Waals surface area contributed by atoms with Crippen LogP contribution in [0.3, 0.4) is 0 Å². The minimum absolute atomic E-state index is 0.0930. The van der Waals surface area contributed by atoms with Crippen molar-refractivity contribution in [1.82, 2.24) is 4.90 Å². The van der Waals surface area contributed by atoms with Gasteiger partial charge < -0.3 is 15.4 Å². The van der Waals surface area contributed by atoms with Crippen LogP contribution in [0.1, 0.15) is 26.2 Å². The molecule has 1 aliphatic rings. The topological polar surface area (TPSA) is 55.6 Å². The summed E-state index contributed by atoms with van der Waals surface area (Å²) >= 11 is 5.83. The normalized spacial score (nSPS) is 21.3. The van der Waals surface area contributed by atoms with Gasteiger partial charge in [-0.05, 0) is 50.5 Å². The minimum Gasteiger partial charge on any atom is -0.492 e. The molecule has 2 atom stereocenters. The van der Waals surface area contributed by atoms with Gasteiger partial charge in [0, 0.05) is 23.5 Å². The van der Waals surface area contributed by atoms with Crippen molar-refractivity contribution in [2.75, 3.05) is 19.7 Å². The summed E-state index contributed by atoms with van der Waals surface area (Å²) in [6.45, 7) is 3.79. The van der Waals surface area contributed by atoms with E-state index in [1.54, 1.807) is 12.1 Å². The van der Waals surface area contributed by atoms with E-state index in [0.717, 1.165) is 25.0 Å². The summed E-state index contributed by atoms with van der Waals surface area (Å²) in [6, 6.07) is 7.43. The Balaban J connectivity index is 1.79. The Morgan fingerprint density at radius 1 is 1.38 bits per heavy atom. The molecule has 0 aliphatic heterocycles. The van der Waals surface area contributed by atoms with E-state index in [1.807, 2.05) is 24.0 Å². The number of rotatable bonds is 6. The molecule has 0 unspecified atom stereocenters. The Labute approximate surface area is 131 Å². The number of likely N-dealkylation sites (N-methyl/N-ethyl adjacent to an activating group) is 1. The van der Waals surface area contributed by atoms with Gasteiger partial charge in [0.2, 0.25) is 5.91 Å². The lowest BCUT2D eigenvalue weighted by Crippen LogP contribution is -2.38. The van der Waals surface area contributed by atoms with Crippen molar-refractivity contribution in [3.8, 4) is 5.75 Å². The molecule has 116 valence electrons. The molecule has 1 aromatic rings. The third kappa shape index (κ3) is 4.61. The number of carbonyl (C=O) groups excluding carboxylic acids is 1. The summed E-state index contributed by atoms with van der Waals surface area (Å²) < 4.78 is 5.65. The first-order valence-electron chi connectivity index (χ1n) is 7.53. The number of carbonyl (C=O) groups is 1. The molecule has 0 radical (unpaired) electrons. The van der Waals surface area contributed by atoms with E-state index < -0.39 is 0 Å². The molecule has 1 aliphatic carbocycles. The van der Waals surface area contributed by atoms with Crippen LogP contribution in [0.25, 0.3) is 0 Å². The lowest BCUT2D eigenvalue weighted by Gasteiger charge is -2.24. The predicted molar refractivity (Wildman–Crippen MR) is 84.5 cm³/mol. The number of amides is 1. The fourth-order valence-corrected chi connectivity index (χ4v) is 2.85. The third-order valence-electron chi connectivity index (χ3n) is 3.96. The van der Waals surface area contributed by atoms with Crippen LogP contribution in [0.15, 0.2) is 24.3 Å². The largest absolute Gasteiger partial charge is 0.492 e. The van der Waals surface area contributed by atoms with Crippen molar-refractivity contribution in [2.45, 2.75) is 32.2 Å². The molecule has 1 saturated carbocycles. The molecule has 4 nitrogen and oxygen atoms in total.